The van der Waals surface area contributed by atoms with Gasteiger partial charge in [0.15, 0.2) is 11.5 Å². The lowest BCUT2D eigenvalue weighted by Gasteiger charge is -2.06. The van der Waals surface area contributed by atoms with Crippen LogP contribution in [0.5, 0.6) is 0 Å². The van der Waals surface area contributed by atoms with Gasteiger partial charge in [0.25, 0.3) is 0 Å². The predicted molar refractivity (Wildman–Crippen MR) is 77.3 cm³/mol. The van der Waals surface area contributed by atoms with E-state index in [2.05, 4.69) is 41.5 Å². The number of oxazole rings is 1. The van der Waals surface area contributed by atoms with Crippen LogP contribution in [-0.2, 0) is 6.54 Å². The van der Waals surface area contributed by atoms with Crippen molar-refractivity contribution in [2.75, 3.05) is 5.32 Å². The fourth-order valence-electron chi connectivity index (χ4n) is 2.06. The van der Waals surface area contributed by atoms with E-state index in [0.29, 0.717) is 5.89 Å². The normalized spacial score (nSPS) is 10.8. The molecule has 0 amide bonds. The van der Waals surface area contributed by atoms with Crippen LogP contribution in [0, 0.1) is 13.8 Å². The number of aromatic nitrogens is 1. The quantitative estimate of drug-likeness (QED) is 0.764. The highest BCUT2D eigenvalue weighted by Crippen LogP contribution is 2.20. The molecular formula is C16H16N2O. The molecule has 0 saturated carbocycles. The zero-order valence-corrected chi connectivity index (χ0v) is 11.1. The zero-order valence-electron chi connectivity index (χ0n) is 11.1. The molecule has 0 aliphatic carbocycles. The van der Waals surface area contributed by atoms with E-state index in [1.807, 2.05) is 25.1 Å². The summed E-state index contributed by atoms with van der Waals surface area (Å²) in [7, 11) is 0. The summed E-state index contributed by atoms with van der Waals surface area (Å²) in [4.78, 5) is 4.33. The van der Waals surface area contributed by atoms with E-state index in [4.69, 9.17) is 4.42 Å². The largest absolute Gasteiger partial charge is 0.441 e. The number of aryl methyl sites for hydroxylation is 2. The number of nitrogens with one attached hydrogen (secondary N) is 1. The van der Waals surface area contributed by atoms with Gasteiger partial charge in [-0.3, -0.25) is 0 Å². The number of hydrogen-bond donors (Lipinski definition) is 1. The van der Waals surface area contributed by atoms with Crippen molar-refractivity contribution in [3.05, 3.63) is 59.5 Å². The molecule has 3 nitrogen and oxygen atoms in total. The minimum absolute atomic E-state index is 0.700. The summed E-state index contributed by atoms with van der Waals surface area (Å²) in [6.45, 7) is 4.76. The predicted octanol–water partition coefficient (Wildman–Crippen LogP) is 4.06. The van der Waals surface area contributed by atoms with Crippen LogP contribution in [-0.4, -0.2) is 4.98 Å². The monoisotopic (exact) mass is 252 g/mol. The molecule has 0 fully saturated rings. The summed E-state index contributed by atoms with van der Waals surface area (Å²) in [6, 6.07) is 14.5. The van der Waals surface area contributed by atoms with E-state index in [-0.39, 0.29) is 0 Å². The van der Waals surface area contributed by atoms with Gasteiger partial charge in [0.05, 0.1) is 0 Å². The van der Waals surface area contributed by atoms with Crippen LogP contribution in [0.15, 0.2) is 46.9 Å². The van der Waals surface area contributed by atoms with Crippen LogP contribution in [0.2, 0.25) is 0 Å². The van der Waals surface area contributed by atoms with Gasteiger partial charge in [0.1, 0.15) is 5.52 Å². The van der Waals surface area contributed by atoms with E-state index in [1.165, 1.54) is 11.1 Å². The summed E-state index contributed by atoms with van der Waals surface area (Å²) >= 11 is 0. The number of fused-ring (bicyclic) bond motifs is 1. The molecule has 1 heterocycles. The molecule has 0 radical (unpaired) electrons. The molecule has 19 heavy (non-hydrogen) atoms. The summed E-state index contributed by atoms with van der Waals surface area (Å²) in [5, 5.41) is 3.40. The third-order valence-electron chi connectivity index (χ3n) is 3.11. The Bertz CT molecular complexity index is 698. The summed E-state index contributed by atoms with van der Waals surface area (Å²) in [5.74, 6) is 0.700. The van der Waals surface area contributed by atoms with E-state index in [1.54, 1.807) is 0 Å². The molecule has 0 saturated heterocycles. The van der Waals surface area contributed by atoms with Crippen molar-refractivity contribution in [3.8, 4) is 0 Å². The molecule has 1 N–H and O–H groups in total. The van der Waals surface area contributed by atoms with Gasteiger partial charge in [-0.2, -0.15) is 0 Å². The third kappa shape index (κ3) is 2.60. The standard InChI is InChI=1S/C16H16N2O/c1-11-3-5-13(6-4-11)10-17-14-7-8-16-15(9-14)18-12(2)19-16/h3-9,17H,10H2,1-2H3. The Kier molecular flexibility index (Phi) is 2.95. The number of rotatable bonds is 3. The molecule has 0 unspecified atom stereocenters. The first-order chi connectivity index (χ1) is 9.20. The van der Waals surface area contributed by atoms with Gasteiger partial charge in [-0.15, -0.1) is 0 Å². The molecule has 0 aliphatic rings. The van der Waals surface area contributed by atoms with Gasteiger partial charge >= 0.3 is 0 Å². The van der Waals surface area contributed by atoms with Crippen molar-refractivity contribution < 1.29 is 4.42 Å². The van der Waals surface area contributed by atoms with Gasteiger partial charge < -0.3 is 9.73 Å². The second-order valence-electron chi connectivity index (χ2n) is 4.75. The molecule has 3 aromatic rings. The molecule has 0 spiro atoms. The average molecular weight is 252 g/mol. The van der Waals surface area contributed by atoms with E-state index >= 15 is 0 Å². The fourth-order valence-corrected chi connectivity index (χ4v) is 2.06. The van der Waals surface area contributed by atoms with Crippen LogP contribution in [0.3, 0.4) is 0 Å². The highest BCUT2D eigenvalue weighted by molar-refractivity contribution is 5.77. The van der Waals surface area contributed by atoms with Crippen molar-refractivity contribution in [1.82, 2.24) is 4.98 Å². The lowest BCUT2D eigenvalue weighted by molar-refractivity contribution is 0.561. The van der Waals surface area contributed by atoms with Crippen molar-refractivity contribution in [3.63, 3.8) is 0 Å². The van der Waals surface area contributed by atoms with E-state index < -0.39 is 0 Å². The smallest absolute Gasteiger partial charge is 0.192 e. The van der Waals surface area contributed by atoms with Crippen LogP contribution >= 0.6 is 0 Å². The van der Waals surface area contributed by atoms with E-state index in [9.17, 15) is 0 Å². The molecule has 0 bridgehead atoms. The maximum Gasteiger partial charge on any atom is 0.192 e. The van der Waals surface area contributed by atoms with Gasteiger partial charge in [-0.1, -0.05) is 29.8 Å². The number of hydrogen-bond acceptors (Lipinski definition) is 3. The first-order valence-electron chi connectivity index (χ1n) is 6.37. The Hall–Kier alpha value is -2.29. The highest BCUT2D eigenvalue weighted by Gasteiger charge is 2.02. The minimum atomic E-state index is 0.700. The first kappa shape index (κ1) is 11.8. The Balaban J connectivity index is 1.75. The molecule has 1 aromatic heterocycles. The number of anilines is 1. The Labute approximate surface area is 112 Å². The van der Waals surface area contributed by atoms with Crippen molar-refractivity contribution in [1.29, 1.82) is 0 Å². The summed E-state index contributed by atoms with van der Waals surface area (Å²) < 4.78 is 5.46. The topological polar surface area (TPSA) is 38.1 Å². The van der Waals surface area contributed by atoms with Crippen LogP contribution in [0.1, 0.15) is 17.0 Å². The number of benzene rings is 2. The van der Waals surface area contributed by atoms with Crippen molar-refractivity contribution in [2.24, 2.45) is 0 Å². The molecule has 3 heteroatoms. The molecule has 3 rings (SSSR count). The van der Waals surface area contributed by atoms with Gasteiger partial charge in [-0.25, -0.2) is 4.98 Å². The number of nitrogens with zero attached hydrogens (tertiary/aromatic N) is 1. The van der Waals surface area contributed by atoms with E-state index in [0.717, 1.165) is 23.3 Å². The van der Waals surface area contributed by atoms with Crippen molar-refractivity contribution in [2.45, 2.75) is 20.4 Å². The SMILES string of the molecule is Cc1ccc(CNc2ccc3oc(C)nc3c2)cc1. The fraction of sp³-hybridized carbons (Fsp3) is 0.188. The molecule has 0 aliphatic heterocycles. The Morgan fingerprint density at radius 3 is 2.63 bits per heavy atom. The van der Waals surface area contributed by atoms with Gasteiger partial charge in [0, 0.05) is 19.2 Å². The summed E-state index contributed by atoms with van der Waals surface area (Å²) in [6.07, 6.45) is 0. The molecular weight excluding hydrogens is 236 g/mol. The minimum Gasteiger partial charge on any atom is -0.441 e. The lowest BCUT2D eigenvalue weighted by Crippen LogP contribution is -1.98. The first-order valence-corrected chi connectivity index (χ1v) is 6.37. The second kappa shape index (κ2) is 4.76. The molecule has 2 aromatic carbocycles. The maximum atomic E-state index is 5.46. The lowest BCUT2D eigenvalue weighted by atomic mass is 10.1. The van der Waals surface area contributed by atoms with Crippen molar-refractivity contribution >= 4 is 16.8 Å². The van der Waals surface area contributed by atoms with Gasteiger partial charge in [0.2, 0.25) is 0 Å². The zero-order chi connectivity index (χ0) is 13.2. The highest BCUT2D eigenvalue weighted by atomic mass is 16.3. The third-order valence-corrected chi connectivity index (χ3v) is 3.11. The Morgan fingerprint density at radius 2 is 1.84 bits per heavy atom. The average Bonchev–Trinajstić information content (AvgIpc) is 2.77. The Morgan fingerprint density at radius 1 is 1.05 bits per heavy atom. The van der Waals surface area contributed by atoms with Gasteiger partial charge in [-0.05, 0) is 30.7 Å². The molecule has 0 atom stereocenters. The van der Waals surface area contributed by atoms with Crippen LogP contribution in [0.4, 0.5) is 5.69 Å². The summed E-state index contributed by atoms with van der Waals surface area (Å²) in [5.41, 5.74) is 5.33. The van der Waals surface area contributed by atoms with Crippen LogP contribution in [0.25, 0.3) is 11.1 Å². The van der Waals surface area contributed by atoms with Crippen LogP contribution < -0.4 is 5.32 Å². The molecule has 96 valence electrons. The second-order valence-corrected chi connectivity index (χ2v) is 4.75. The maximum absolute atomic E-state index is 5.46.